The van der Waals surface area contributed by atoms with Crippen molar-refractivity contribution in [1.82, 2.24) is 9.88 Å². The highest BCUT2D eigenvalue weighted by molar-refractivity contribution is 5.34. The minimum atomic E-state index is -0.292. The van der Waals surface area contributed by atoms with Crippen LogP contribution in [0.2, 0.25) is 0 Å². The molecular formula is C13H20FN3. The Morgan fingerprint density at radius 1 is 1.35 bits per heavy atom. The van der Waals surface area contributed by atoms with Gasteiger partial charge in [0, 0.05) is 12.6 Å². The predicted octanol–water partition coefficient (Wildman–Crippen LogP) is 2.51. The van der Waals surface area contributed by atoms with Gasteiger partial charge in [0.1, 0.15) is 11.6 Å². The van der Waals surface area contributed by atoms with E-state index in [9.17, 15) is 4.39 Å². The average molecular weight is 237 g/mol. The molecule has 2 rings (SSSR count). The van der Waals surface area contributed by atoms with E-state index in [-0.39, 0.29) is 5.82 Å². The van der Waals surface area contributed by atoms with E-state index >= 15 is 0 Å². The van der Waals surface area contributed by atoms with Crippen LogP contribution in [-0.2, 0) is 0 Å². The number of piperidine rings is 1. The Kier molecular flexibility index (Phi) is 4.31. The number of nitrogens with zero attached hydrogens (tertiary/aromatic N) is 2. The number of nitrogens with one attached hydrogen (secondary N) is 1. The van der Waals surface area contributed by atoms with Gasteiger partial charge >= 0.3 is 0 Å². The number of likely N-dealkylation sites (tertiary alicyclic amines) is 1. The molecule has 4 heteroatoms. The lowest BCUT2D eigenvalue weighted by Gasteiger charge is -2.29. The third kappa shape index (κ3) is 3.97. The van der Waals surface area contributed by atoms with Gasteiger partial charge in [0.15, 0.2) is 0 Å². The van der Waals surface area contributed by atoms with Gasteiger partial charge in [0.25, 0.3) is 0 Å². The molecule has 0 aliphatic carbocycles. The maximum atomic E-state index is 12.7. The summed E-state index contributed by atoms with van der Waals surface area (Å²) in [5.74, 6) is 0.454. The van der Waals surface area contributed by atoms with E-state index in [0.717, 1.165) is 12.4 Å². The van der Waals surface area contributed by atoms with E-state index in [2.05, 4.69) is 22.1 Å². The fraction of sp³-hybridized carbons (Fsp3) is 0.615. The third-order valence-electron chi connectivity index (χ3n) is 3.10. The topological polar surface area (TPSA) is 28.2 Å². The number of anilines is 1. The van der Waals surface area contributed by atoms with E-state index in [1.165, 1.54) is 44.6 Å². The molecule has 1 aliphatic heterocycles. The molecule has 94 valence electrons. The monoisotopic (exact) mass is 237 g/mol. The first-order valence-electron chi connectivity index (χ1n) is 6.34. The van der Waals surface area contributed by atoms with Crippen LogP contribution in [0, 0.1) is 5.82 Å². The molecule has 1 atom stereocenters. The van der Waals surface area contributed by atoms with Gasteiger partial charge in [-0.1, -0.05) is 6.42 Å². The molecule has 0 spiro atoms. The number of hydrogen-bond acceptors (Lipinski definition) is 3. The summed E-state index contributed by atoms with van der Waals surface area (Å²) in [5.41, 5.74) is 0. The van der Waals surface area contributed by atoms with Gasteiger partial charge in [-0.2, -0.15) is 0 Å². The van der Waals surface area contributed by atoms with Crippen molar-refractivity contribution < 1.29 is 4.39 Å². The molecule has 2 heterocycles. The van der Waals surface area contributed by atoms with Crippen LogP contribution in [0.5, 0.6) is 0 Å². The summed E-state index contributed by atoms with van der Waals surface area (Å²) in [5, 5.41) is 3.30. The van der Waals surface area contributed by atoms with E-state index in [4.69, 9.17) is 0 Å². The summed E-state index contributed by atoms with van der Waals surface area (Å²) in [6.07, 6.45) is 5.22. The Hall–Kier alpha value is -1.16. The van der Waals surface area contributed by atoms with Gasteiger partial charge in [-0.15, -0.1) is 0 Å². The van der Waals surface area contributed by atoms with E-state index in [0.29, 0.717) is 6.04 Å². The van der Waals surface area contributed by atoms with Crippen LogP contribution in [0.4, 0.5) is 10.2 Å². The zero-order valence-electron chi connectivity index (χ0n) is 10.3. The number of rotatable bonds is 4. The van der Waals surface area contributed by atoms with Crippen molar-refractivity contribution in [3.63, 3.8) is 0 Å². The first-order valence-corrected chi connectivity index (χ1v) is 6.34. The second-order valence-corrected chi connectivity index (χ2v) is 4.77. The summed E-state index contributed by atoms with van der Waals surface area (Å²) in [6, 6.07) is 3.46. The number of hydrogen-bond donors (Lipinski definition) is 1. The van der Waals surface area contributed by atoms with Crippen LogP contribution in [0.1, 0.15) is 26.2 Å². The quantitative estimate of drug-likeness (QED) is 0.872. The number of pyridine rings is 1. The Balaban J connectivity index is 1.79. The number of halogens is 1. The average Bonchev–Trinajstić information content (AvgIpc) is 2.33. The highest BCUT2D eigenvalue weighted by Gasteiger charge is 2.13. The highest BCUT2D eigenvalue weighted by Crippen LogP contribution is 2.11. The summed E-state index contributed by atoms with van der Waals surface area (Å²) < 4.78 is 12.7. The molecular weight excluding hydrogens is 217 g/mol. The summed E-state index contributed by atoms with van der Waals surface area (Å²) in [6.45, 7) is 5.56. The molecule has 3 nitrogen and oxygen atoms in total. The van der Waals surface area contributed by atoms with Crippen molar-refractivity contribution in [3.8, 4) is 0 Å². The van der Waals surface area contributed by atoms with Crippen molar-refractivity contribution >= 4 is 5.82 Å². The molecule has 1 N–H and O–H groups in total. The van der Waals surface area contributed by atoms with Gasteiger partial charge in [-0.3, -0.25) is 0 Å². The molecule has 0 aromatic carbocycles. The first kappa shape index (κ1) is 12.3. The Bertz CT molecular complexity index is 333. The lowest BCUT2D eigenvalue weighted by molar-refractivity contribution is 0.223. The molecule has 1 aromatic heterocycles. The van der Waals surface area contributed by atoms with Gasteiger partial charge in [-0.05, 0) is 45.0 Å². The molecule has 1 saturated heterocycles. The zero-order valence-corrected chi connectivity index (χ0v) is 10.3. The van der Waals surface area contributed by atoms with Crippen molar-refractivity contribution in [2.75, 3.05) is 25.0 Å². The molecule has 1 unspecified atom stereocenters. The maximum Gasteiger partial charge on any atom is 0.141 e. The van der Waals surface area contributed by atoms with E-state index in [1.54, 1.807) is 6.07 Å². The number of aromatic nitrogens is 1. The predicted molar refractivity (Wildman–Crippen MR) is 67.6 cm³/mol. The molecule has 0 saturated carbocycles. The summed E-state index contributed by atoms with van der Waals surface area (Å²) in [7, 11) is 0. The smallest absolute Gasteiger partial charge is 0.141 e. The van der Waals surface area contributed by atoms with Crippen LogP contribution in [0.15, 0.2) is 18.3 Å². The van der Waals surface area contributed by atoms with Crippen molar-refractivity contribution in [2.24, 2.45) is 0 Å². The standard InChI is InChI=1S/C13H20FN3/c1-11(10-17-7-3-2-4-8-17)16-13-6-5-12(14)9-15-13/h5-6,9,11H,2-4,7-8,10H2,1H3,(H,15,16). The van der Waals surface area contributed by atoms with Crippen LogP contribution >= 0.6 is 0 Å². The molecule has 1 aliphatic rings. The minimum Gasteiger partial charge on any atom is -0.366 e. The fourth-order valence-corrected chi connectivity index (χ4v) is 2.29. The van der Waals surface area contributed by atoms with Gasteiger partial charge in [0.05, 0.1) is 6.20 Å². The van der Waals surface area contributed by atoms with Gasteiger partial charge < -0.3 is 10.2 Å². The summed E-state index contributed by atoms with van der Waals surface area (Å²) >= 11 is 0. The highest BCUT2D eigenvalue weighted by atomic mass is 19.1. The molecule has 0 amide bonds. The largest absolute Gasteiger partial charge is 0.366 e. The fourth-order valence-electron chi connectivity index (χ4n) is 2.29. The summed E-state index contributed by atoms with van der Waals surface area (Å²) in [4.78, 5) is 6.48. The maximum absolute atomic E-state index is 12.7. The van der Waals surface area contributed by atoms with Crippen molar-refractivity contribution in [2.45, 2.75) is 32.2 Å². The molecule has 0 radical (unpaired) electrons. The van der Waals surface area contributed by atoms with Gasteiger partial charge in [-0.25, -0.2) is 9.37 Å². The van der Waals surface area contributed by atoms with Crippen LogP contribution < -0.4 is 5.32 Å². The Morgan fingerprint density at radius 2 is 2.12 bits per heavy atom. The first-order chi connectivity index (χ1) is 8.24. The zero-order chi connectivity index (χ0) is 12.1. The molecule has 17 heavy (non-hydrogen) atoms. The lowest BCUT2D eigenvalue weighted by Crippen LogP contribution is -2.38. The van der Waals surface area contributed by atoms with E-state index in [1.807, 2.05) is 0 Å². The van der Waals surface area contributed by atoms with E-state index < -0.39 is 0 Å². The van der Waals surface area contributed by atoms with Crippen LogP contribution in [0.3, 0.4) is 0 Å². The van der Waals surface area contributed by atoms with Crippen molar-refractivity contribution in [3.05, 3.63) is 24.1 Å². The minimum absolute atomic E-state index is 0.292. The van der Waals surface area contributed by atoms with Crippen LogP contribution in [0.25, 0.3) is 0 Å². The molecule has 0 bridgehead atoms. The van der Waals surface area contributed by atoms with Crippen molar-refractivity contribution in [1.29, 1.82) is 0 Å². The third-order valence-corrected chi connectivity index (χ3v) is 3.10. The Morgan fingerprint density at radius 3 is 2.76 bits per heavy atom. The second kappa shape index (κ2) is 5.96. The Labute approximate surface area is 102 Å². The SMILES string of the molecule is CC(CN1CCCCC1)Nc1ccc(F)cn1. The normalized spacial score (nSPS) is 18.9. The molecule has 1 aromatic rings. The lowest BCUT2D eigenvalue weighted by atomic mass is 10.1. The molecule has 1 fully saturated rings. The van der Waals surface area contributed by atoms with Crippen LogP contribution in [-0.4, -0.2) is 35.6 Å². The second-order valence-electron chi connectivity index (χ2n) is 4.77. The van der Waals surface area contributed by atoms with Gasteiger partial charge in [0.2, 0.25) is 0 Å².